The summed E-state index contributed by atoms with van der Waals surface area (Å²) in [6.45, 7) is 9.80. The molecule has 1 aliphatic rings. The summed E-state index contributed by atoms with van der Waals surface area (Å²) in [6, 6.07) is 9.38. The van der Waals surface area contributed by atoms with Crippen molar-refractivity contribution in [1.82, 2.24) is 19.6 Å². The summed E-state index contributed by atoms with van der Waals surface area (Å²) in [7, 11) is 1.63. The second kappa shape index (κ2) is 9.04. The van der Waals surface area contributed by atoms with Crippen molar-refractivity contribution >= 4 is 5.91 Å². The molecule has 1 aromatic carbocycles. The lowest BCUT2D eigenvalue weighted by Crippen LogP contribution is -2.35. The van der Waals surface area contributed by atoms with Crippen molar-refractivity contribution in [3.63, 3.8) is 0 Å². The minimum Gasteiger partial charge on any atom is -0.497 e. The fraction of sp³-hybridized carbons (Fsp3) is 0.524. The van der Waals surface area contributed by atoms with Crippen molar-refractivity contribution in [3.05, 3.63) is 47.8 Å². The van der Waals surface area contributed by atoms with Gasteiger partial charge in [-0.3, -0.25) is 9.48 Å². The van der Waals surface area contributed by atoms with E-state index in [0.717, 1.165) is 50.6 Å². The van der Waals surface area contributed by atoms with E-state index in [4.69, 9.17) is 4.74 Å². The lowest BCUT2D eigenvalue weighted by Gasteiger charge is -2.26. The van der Waals surface area contributed by atoms with Gasteiger partial charge in [0.2, 0.25) is 0 Å². The summed E-state index contributed by atoms with van der Waals surface area (Å²) in [4.78, 5) is 17.5. The van der Waals surface area contributed by atoms with Gasteiger partial charge in [0, 0.05) is 24.8 Å². The van der Waals surface area contributed by atoms with Crippen LogP contribution in [0.5, 0.6) is 5.75 Å². The van der Waals surface area contributed by atoms with E-state index >= 15 is 0 Å². The van der Waals surface area contributed by atoms with Gasteiger partial charge in [0.05, 0.1) is 19.3 Å². The number of aromatic nitrogens is 2. The molecular formula is C21H30N4O2. The van der Waals surface area contributed by atoms with Gasteiger partial charge in [-0.05, 0) is 62.3 Å². The van der Waals surface area contributed by atoms with Gasteiger partial charge in [0.25, 0.3) is 5.91 Å². The molecule has 1 aliphatic heterocycles. The topological polar surface area (TPSA) is 50.6 Å². The van der Waals surface area contributed by atoms with E-state index in [-0.39, 0.29) is 5.91 Å². The number of hydrogen-bond acceptors (Lipinski definition) is 4. The molecule has 0 aliphatic carbocycles. The predicted molar refractivity (Wildman–Crippen MR) is 106 cm³/mol. The largest absolute Gasteiger partial charge is 0.497 e. The Labute approximate surface area is 161 Å². The molecule has 0 fully saturated rings. The molecule has 0 saturated carbocycles. The quantitative estimate of drug-likeness (QED) is 0.752. The first-order chi connectivity index (χ1) is 13.1. The molecule has 0 radical (unpaired) electrons. The number of benzene rings is 1. The Morgan fingerprint density at radius 3 is 2.59 bits per heavy atom. The van der Waals surface area contributed by atoms with Gasteiger partial charge >= 0.3 is 0 Å². The molecule has 1 aromatic heterocycles. The second-order valence-electron chi connectivity index (χ2n) is 7.10. The maximum Gasteiger partial charge on any atom is 0.254 e. The Morgan fingerprint density at radius 1 is 1.19 bits per heavy atom. The van der Waals surface area contributed by atoms with Crippen LogP contribution in [0.15, 0.2) is 36.5 Å². The normalized spacial score (nSPS) is 16.9. The highest BCUT2D eigenvalue weighted by Crippen LogP contribution is 2.21. The van der Waals surface area contributed by atoms with Crippen LogP contribution in [0.25, 0.3) is 0 Å². The summed E-state index contributed by atoms with van der Waals surface area (Å²) in [5.74, 6) is 1.23. The molecule has 1 amide bonds. The number of nitrogens with zero attached hydrogens (tertiary/aromatic N) is 4. The SMILES string of the molecule is CCN(CC)CC[C@@H]1CN(C(=O)c2ccc(OC)cc2)Cc2ccnn2C1. The third-order valence-electron chi connectivity index (χ3n) is 5.44. The molecule has 2 aromatic rings. The van der Waals surface area contributed by atoms with E-state index in [0.29, 0.717) is 18.0 Å². The maximum absolute atomic E-state index is 13.1. The number of hydrogen-bond donors (Lipinski definition) is 0. The predicted octanol–water partition coefficient (Wildman–Crippen LogP) is 2.90. The molecule has 3 rings (SSSR count). The third kappa shape index (κ3) is 4.69. The van der Waals surface area contributed by atoms with Crippen LogP contribution >= 0.6 is 0 Å². The molecule has 146 valence electrons. The van der Waals surface area contributed by atoms with Crippen molar-refractivity contribution in [3.8, 4) is 5.75 Å². The zero-order valence-electron chi connectivity index (χ0n) is 16.6. The zero-order chi connectivity index (χ0) is 19.2. The summed E-state index contributed by atoms with van der Waals surface area (Å²) in [6.07, 6.45) is 2.89. The summed E-state index contributed by atoms with van der Waals surface area (Å²) >= 11 is 0. The van der Waals surface area contributed by atoms with Gasteiger partial charge in [-0.2, -0.15) is 5.10 Å². The van der Waals surface area contributed by atoms with E-state index in [1.807, 2.05) is 41.4 Å². The van der Waals surface area contributed by atoms with Gasteiger partial charge in [0.15, 0.2) is 0 Å². The highest BCUT2D eigenvalue weighted by atomic mass is 16.5. The first-order valence-corrected chi connectivity index (χ1v) is 9.81. The maximum atomic E-state index is 13.1. The molecule has 0 spiro atoms. The minimum absolute atomic E-state index is 0.0696. The number of amides is 1. The van der Waals surface area contributed by atoms with Gasteiger partial charge in [-0.15, -0.1) is 0 Å². The van der Waals surface area contributed by atoms with Gasteiger partial charge in [-0.25, -0.2) is 0 Å². The number of rotatable bonds is 7. The van der Waals surface area contributed by atoms with Gasteiger partial charge < -0.3 is 14.5 Å². The van der Waals surface area contributed by atoms with Crippen molar-refractivity contribution in [1.29, 1.82) is 0 Å². The Bertz CT molecular complexity index is 737. The number of methoxy groups -OCH3 is 1. The fourth-order valence-corrected chi connectivity index (χ4v) is 3.69. The molecule has 0 unspecified atom stereocenters. The first-order valence-electron chi connectivity index (χ1n) is 9.81. The van der Waals surface area contributed by atoms with Crippen molar-refractivity contribution in [2.45, 2.75) is 33.4 Å². The molecular weight excluding hydrogens is 340 g/mol. The van der Waals surface area contributed by atoms with Gasteiger partial charge in [0.1, 0.15) is 5.75 Å². The third-order valence-corrected chi connectivity index (χ3v) is 5.44. The fourth-order valence-electron chi connectivity index (χ4n) is 3.69. The highest BCUT2D eigenvalue weighted by Gasteiger charge is 2.26. The zero-order valence-corrected chi connectivity index (χ0v) is 16.6. The van der Waals surface area contributed by atoms with Crippen LogP contribution in [0.4, 0.5) is 0 Å². The van der Waals surface area contributed by atoms with Crippen molar-refractivity contribution < 1.29 is 9.53 Å². The Hall–Kier alpha value is -2.34. The molecule has 0 bridgehead atoms. The van der Waals surface area contributed by atoms with Crippen LogP contribution in [-0.4, -0.2) is 58.8 Å². The smallest absolute Gasteiger partial charge is 0.254 e. The number of carbonyl (C=O) groups is 1. The van der Waals surface area contributed by atoms with E-state index < -0.39 is 0 Å². The number of ether oxygens (including phenoxy) is 1. The molecule has 6 heteroatoms. The lowest BCUT2D eigenvalue weighted by molar-refractivity contribution is 0.0714. The Balaban J connectivity index is 1.75. The second-order valence-corrected chi connectivity index (χ2v) is 7.10. The highest BCUT2D eigenvalue weighted by molar-refractivity contribution is 5.94. The monoisotopic (exact) mass is 370 g/mol. The lowest BCUT2D eigenvalue weighted by atomic mass is 10.0. The summed E-state index contributed by atoms with van der Waals surface area (Å²) < 4.78 is 7.27. The number of fused-ring (bicyclic) bond motifs is 1. The van der Waals surface area contributed by atoms with Gasteiger partial charge in [-0.1, -0.05) is 13.8 Å². The van der Waals surface area contributed by atoms with E-state index in [9.17, 15) is 4.79 Å². The molecule has 27 heavy (non-hydrogen) atoms. The molecule has 1 atom stereocenters. The van der Waals surface area contributed by atoms with Crippen LogP contribution in [0.3, 0.4) is 0 Å². The summed E-state index contributed by atoms with van der Waals surface area (Å²) in [5, 5.41) is 4.47. The Morgan fingerprint density at radius 2 is 1.93 bits per heavy atom. The average molecular weight is 370 g/mol. The molecule has 6 nitrogen and oxygen atoms in total. The molecule has 0 saturated heterocycles. The first kappa shape index (κ1) is 19.4. The van der Waals surface area contributed by atoms with Crippen LogP contribution < -0.4 is 4.74 Å². The molecule has 0 N–H and O–H groups in total. The van der Waals surface area contributed by atoms with Crippen LogP contribution in [0, 0.1) is 5.92 Å². The van der Waals surface area contributed by atoms with E-state index in [2.05, 4.69) is 28.5 Å². The van der Waals surface area contributed by atoms with Crippen LogP contribution in [0.1, 0.15) is 36.3 Å². The van der Waals surface area contributed by atoms with E-state index in [1.54, 1.807) is 7.11 Å². The standard InChI is InChI=1S/C21H30N4O2/c1-4-23(5-2)13-11-17-14-24(16-19-10-12-22-25(19)15-17)21(26)18-6-8-20(27-3)9-7-18/h6-10,12,17H,4-5,11,13-16H2,1-3H3/t17-/m1/s1. The summed E-state index contributed by atoms with van der Waals surface area (Å²) in [5.41, 5.74) is 1.80. The number of carbonyl (C=O) groups excluding carboxylic acids is 1. The minimum atomic E-state index is 0.0696. The molecule has 2 heterocycles. The average Bonchev–Trinajstić information content (AvgIpc) is 3.06. The van der Waals surface area contributed by atoms with Crippen molar-refractivity contribution in [2.75, 3.05) is 33.3 Å². The van der Waals surface area contributed by atoms with Crippen LogP contribution in [0.2, 0.25) is 0 Å². The Kier molecular flexibility index (Phi) is 6.50. The van der Waals surface area contributed by atoms with Crippen molar-refractivity contribution in [2.24, 2.45) is 5.92 Å². The van der Waals surface area contributed by atoms with Crippen LogP contribution in [-0.2, 0) is 13.1 Å². The van der Waals surface area contributed by atoms with E-state index in [1.165, 1.54) is 0 Å².